The lowest BCUT2D eigenvalue weighted by Gasteiger charge is -1.97. The second-order valence-corrected chi connectivity index (χ2v) is 3.45. The van der Waals surface area contributed by atoms with Gasteiger partial charge < -0.3 is 0 Å². The second kappa shape index (κ2) is 3.47. The van der Waals surface area contributed by atoms with Crippen LogP contribution in [0, 0.1) is 12.3 Å². The van der Waals surface area contributed by atoms with E-state index in [2.05, 4.69) is 23.4 Å². The molecule has 0 bridgehead atoms. The molecule has 1 aromatic carbocycles. The Bertz CT molecular complexity index is 432. The van der Waals surface area contributed by atoms with E-state index in [1.165, 1.54) is 5.56 Å². The molecule has 0 radical (unpaired) electrons. The third-order valence-electron chi connectivity index (χ3n) is 1.90. The van der Waals surface area contributed by atoms with Crippen LogP contribution < -0.4 is 0 Å². The van der Waals surface area contributed by atoms with Crippen LogP contribution >= 0.6 is 11.3 Å². The van der Waals surface area contributed by atoms with Gasteiger partial charge in [-0.1, -0.05) is 36.3 Å². The maximum atomic E-state index is 5.39. The predicted octanol–water partition coefficient (Wildman–Crippen LogP) is 3.40. The summed E-state index contributed by atoms with van der Waals surface area (Å²) in [4.78, 5) is 0. The van der Waals surface area contributed by atoms with Gasteiger partial charge in [-0.25, -0.2) is 0 Å². The van der Waals surface area contributed by atoms with Gasteiger partial charge in [-0.15, -0.1) is 6.42 Å². The monoisotopic (exact) mass is 184 g/mol. The highest BCUT2D eigenvalue weighted by molar-refractivity contribution is 7.08. The first-order valence-corrected chi connectivity index (χ1v) is 4.94. The van der Waals surface area contributed by atoms with Gasteiger partial charge in [-0.2, -0.15) is 11.3 Å². The molecule has 0 aliphatic heterocycles. The van der Waals surface area contributed by atoms with E-state index < -0.39 is 0 Å². The first kappa shape index (κ1) is 8.10. The van der Waals surface area contributed by atoms with Crippen LogP contribution in [0.25, 0.3) is 11.1 Å². The topological polar surface area (TPSA) is 0 Å². The third-order valence-corrected chi connectivity index (χ3v) is 2.65. The summed E-state index contributed by atoms with van der Waals surface area (Å²) < 4.78 is 0. The number of thiophene rings is 1. The maximum Gasteiger partial charge on any atom is 0.0428 e. The summed E-state index contributed by atoms with van der Waals surface area (Å²) in [7, 11) is 0. The molecule has 1 heterocycles. The predicted molar refractivity (Wildman–Crippen MR) is 57.7 cm³/mol. The van der Waals surface area contributed by atoms with E-state index in [1.807, 2.05) is 23.6 Å². The molecule has 0 fully saturated rings. The minimum atomic E-state index is 0.983. The van der Waals surface area contributed by atoms with Crippen molar-refractivity contribution in [2.24, 2.45) is 0 Å². The second-order valence-electron chi connectivity index (χ2n) is 2.71. The molecule has 62 valence electrons. The number of terminal acetylenes is 1. The van der Waals surface area contributed by atoms with Gasteiger partial charge in [0.25, 0.3) is 0 Å². The van der Waals surface area contributed by atoms with Crippen LogP contribution in [0.2, 0.25) is 0 Å². The molecule has 2 aromatic rings. The van der Waals surface area contributed by atoms with Gasteiger partial charge in [0.05, 0.1) is 0 Å². The average molecular weight is 184 g/mol. The molecular formula is C12H8S. The Morgan fingerprint density at radius 2 is 1.85 bits per heavy atom. The number of hydrogen-bond donors (Lipinski definition) is 0. The Morgan fingerprint density at radius 1 is 1.08 bits per heavy atom. The largest absolute Gasteiger partial charge is 0.150 e. The van der Waals surface area contributed by atoms with E-state index in [1.54, 1.807) is 11.3 Å². The summed E-state index contributed by atoms with van der Waals surface area (Å²) in [6, 6.07) is 10.2. The molecule has 0 amide bonds. The van der Waals surface area contributed by atoms with Crippen molar-refractivity contribution >= 4 is 11.3 Å². The molecule has 2 rings (SSSR count). The van der Waals surface area contributed by atoms with Crippen LogP contribution in [-0.2, 0) is 0 Å². The Morgan fingerprint density at radius 3 is 2.54 bits per heavy atom. The molecule has 0 unspecified atom stereocenters. The normalized spacial score (nSPS) is 9.46. The lowest BCUT2D eigenvalue weighted by molar-refractivity contribution is 1.66. The molecule has 0 saturated heterocycles. The van der Waals surface area contributed by atoms with Crippen LogP contribution in [-0.4, -0.2) is 0 Å². The van der Waals surface area contributed by atoms with E-state index in [4.69, 9.17) is 6.42 Å². The summed E-state index contributed by atoms with van der Waals surface area (Å²) in [5.41, 5.74) is 3.33. The van der Waals surface area contributed by atoms with E-state index in [9.17, 15) is 0 Å². The van der Waals surface area contributed by atoms with Crippen LogP contribution in [0.15, 0.2) is 41.1 Å². The highest BCUT2D eigenvalue weighted by Crippen LogP contribution is 2.26. The molecule has 13 heavy (non-hydrogen) atoms. The lowest BCUT2D eigenvalue weighted by Crippen LogP contribution is -1.76. The average Bonchev–Trinajstić information content (AvgIpc) is 2.67. The first-order chi connectivity index (χ1) is 6.42. The molecule has 0 spiro atoms. The van der Waals surface area contributed by atoms with Crippen LogP contribution in [0.4, 0.5) is 0 Å². The van der Waals surface area contributed by atoms with E-state index in [0.29, 0.717) is 0 Å². The molecule has 0 N–H and O–H groups in total. The molecule has 0 aliphatic rings. The smallest absolute Gasteiger partial charge is 0.0428 e. The zero-order chi connectivity index (χ0) is 9.10. The van der Waals surface area contributed by atoms with Gasteiger partial charge >= 0.3 is 0 Å². The minimum Gasteiger partial charge on any atom is -0.150 e. The minimum absolute atomic E-state index is 0.983. The Hall–Kier alpha value is -1.52. The van der Waals surface area contributed by atoms with Crippen LogP contribution in [0.3, 0.4) is 0 Å². The summed E-state index contributed by atoms with van der Waals surface area (Å²) in [5.74, 6) is 2.68. The quantitative estimate of drug-likeness (QED) is 0.596. The van der Waals surface area contributed by atoms with Gasteiger partial charge in [-0.05, 0) is 10.9 Å². The Labute approximate surface area is 81.9 Å². The van der Waals surface area contributed by atoms with E-state index in [0.717, 1.165) is 11.1 Å². The first-order valence-electron chi connectivity index (χ1n) is 4.00. The molecule has 1 aromatic heterocycles. The van der Waals surface area contributed by atoms with Gasteiger partial charge in [0.1, 0.15) is 0 Å². The fraction of sp³-hybridized carbons (Fsp3) is 0. The SMILES string of the molecule is C#Cc1cscc1-c1ccccc1. The molecular weight excluding hydrogens is 176 g/mol. The number of hydrogen-bond acceptors (Lipinski definition) is 1. The Kier molecular flexibility index (Phi) is 2.16. The summed E-state index contributed by atoms with van der Waals surface area (Å²) in [5, 5.41) is 4.09. The van der Waals surface area contributed by atoms with Gasteiger partial charge in [0, 0.05) is 16.5 Å². The van der Waals surface area contributed by atoms with Crippen molar-refractivity contribution in [3.05, 3.63) is 46.7 Å². The summed E-state index contributed by atoms with van der Waals surface area (Å²) in [6.07, 6.45) is 5.39. The van der Waals surface area contributed by atoms with E-state index >= 15 is 0 Å². The highest BCUT2D eigenvalue weighted by atomic mass is 32.1. The number of benzene rings is 1. The van der Waals surface area contributed by atoms with Crippen molar-refractivity contribution in [1.82, 2.24) is 0 Å². The van der Waals surface area contributed by atoms with Crippen molar-refractivity contribution in [3.8, 4) is 23.5 Å². The highest BCUT2D eigenvalue weighted by Gasteiger charge is 2.02. The number of rotatable bonds is 1. The lowest BCUT2D eigenvalue weighted by atomic mass is 10.1. The molecule has 0 atom stereocenters. The summed E-state index contributed by atoms with van der Waals surface area (Å²) in [6.45, 7) is 0. The Balaban J connectivity index is 2.54. The van der Waals surface area contributed by atoms with Gasteiger partial charge in [0.15, 0.2) is 0 Å². The van der Waals surface area contributed by atoms with Crippen molar-refractivity contribution in [2.75, 3.05) is 0 Å². The molecule has 1 heteroatoms. The standard InChI is InChI=1S/C12H8S/c1-2-10-8-13-9-12(10)11-6-4-3-5-7-11/h1,3-9H. The fourth-order valence-electron chi connectivity index (χ4n) is 1.25. The zero-order valence-corrected chi connectivity index (χ0v) is 7.84. The van der Waals surface area contributed by atoms with Crippen molar-refractivity contribution in [2.45, 2.75) is 0 Å². The van der Waals surface area contributed by atoms with Crippen molar-refractivity contribution in [1.29, 1.82) is 0 Å². The summed E-state index contributed by atoms with van der Waals surface area (Å²) >= 11 is 1.64. The van der Waals surface area contributed by atoms with E-state index in [-0.39, 0.29) is 0 Å². The van der Waals surface area contributed by atoms with Gasteiger partial charge in [-0.3, -0.25) is 0 Å². The zero-order valence-electron chi connectivity index (χ0n) is 7.03. The molecule has 0 saturated carbocycles. The van der Waals surface area contributed by atoms with Crippen LogP contribution in [0.5, 0.6) is 0 Å². The third kappa shape index (κ3) is 1.49. The van der Waals surface area contributed by atoms with Crippen LogP contribution in [0.1, 0.15) is 5.56 Å². The fourth-order valence-corrected chi connectivity index (χ4v) is 2.05. The van der Waals surface area contributed by atoms with Gasteiger partial charge in [0.2, 0.25) is 0 Å². The molecule has 0 nitrogen and oxygen atoms in total. The maximum absolute atomic E-state index is 5.39. The van der Waals surface area contributed by atoms with Crippen molar-refractivity contribution in [3.63, 3.8) is 0 Å². The van der Waals surface area contributed by atoms with Crippen molar-refractivity contribution < 1.29 is 0 Å². The molecule has 0 aliphatic carbocycles.